The number of nitrogens with one attached hydrogen (secondary N) is 2. The number of sulfonamides is 1. The monoisotopic (exact) mass is 329 g/mol. The smallest absolute Gasteiger partial charge is 0.306 e. The van der Waals surface area contributed by atoms with Crippen molar-refractivity contribution in [1.29, 1.82) is 5.26 Å². The van der Waals surface area contributed by atoms with Crippen LogP contribution >= 0.6 is 22.9 Å². The average Bonchev–Trinajstić information content (AvgIpc) is 2.69. The molecule has 0 amide bonds. The van der Waals surface area contributed by atoms with Crippen LogP contribution in [0.25, 0.3) is 0 Å². The molecule has 0 radical (unpaired) electrons. The van der Waals surface area contributed by atoms with Crippen LogP contribution in [0.15, 0.2) is 27.2 Å². The van der Waals surface area contributed by atoms with Crippen molar-refractivity contribution in [3.05, 3.63) is 44.1 Å². The van der Waals surface area contributed by atoms with Crippen molar-refractivity contribution in [2.45, 2.75) is 11.1 Å². The molecule has 0 saturated carbocycles. The van der Waals surface area contributed by atoms with Crippen molar-refractivity contribution in [3.8, 4) is 6.07 Å². The molecule has 1 heterocycles. The van der Waals surface area contributed by atoms with Crippen molar-refractivity contribution in [1.82, 2.24) is 4.98 Å². The number of benzene rings is 1. The Bertz CT molecular complexity index is 862. The highest BCUT2D eigenvalue weighted by atomic mass is 35.5. The van der Waals surface area contributed by atoms with Crippen LogP contribution in [0, 0.1) is 18.3 Å². The molecule has 2 aromatic rings. The van der Waals surface area contributed by atoms with Gasteiger partial charge >= 0.3 is 4.87 Å². The molecule has 0 atom stereocenters. The molecule has 6 nitrogen and oxygen atoms in total. The number of aromatic nitrogens is 1. The van der Waals surface area contributed by atoms with Gasteiger partial charge in [0, 0.05) is 10.7 Å². The zero-order valence-electron chi connectivity index (χ0n) is 10.1. The first-order valence-corrected chi connectivity index (χ1v) is 7.93. The van der Waals surface area contributed by atoms with E-state index in [0.29, 0.717) is 16.4 Å². The summed E-state index contributed by atoms with van der Waals surface area (Å²) in [5.74, 6) is 0. The maximum Gasteiger partial charge on any atom is 0.306 e. The molecule has 0 fully saturated rings. The standard InChI is InChI=1S/C11H8ClN3O3S2/c1-6-10(19-11(16)14-6)20(17,18)15-9-4-8(12)3-2-7(9)5-13/h2-4,15H,1H3,(H,14,16). The summed E-state index contributed by atoms with van der Waals surface area (Å²) in [5.41, 5.74) is 0.451. The zero-order chi connectivity index (χ0) is 14.9. The molecule has 9 heteroatoms. The number of thiazole rings is 1. The Morgan fingerprint density at radius 2 is 2.15 bits per heavy atom. The van der Waals surface area contributed by atoms with Gasteiger partial charge in [-0.3, -0.25) is 9.52 Å². The molecule has 1 aromatic carbocycles. The molecule has 0 bridgehead atoms. The Balaban J connectivity index is 2.49. The van der Waals surface area contributed by atoms with Crippen molar-refractivity contribution in [2.24, 2.45) is 0 Å². The van der Waals surface area contributed by atoms with E-state index >= 15 is 0 Å². The lowest BCUT2D eigenvalue weighted by atomic mass is 10.2. The van der Waals surface area contributed by atoms with E-state index in [0.717, 1.165) is 0 Å². The maximum atomic E-state index is 12.2. The number of aryl methyl sites for hydroxylation is 1. The van der Waals surface area contributed by atoms with Gasteiger partial charge in [-0.05, 0) is 25.1 Å². The summed E-state index contributed by atoms with van der Waals surface area (Å²) in [4.78, 5) is 13.1. The van der Waals surface area contributed by atoms with Crippen LogP contribution in [-0.2, 0) is 10.0 Å². The summed E-state index contributed by atoms with van der Waals surface area (Å²) >= 11 is 6.37. The van der Waals surface area contributed by atoms with Gasteiger partial charge in [0.15, 0.2) is 4.21 Å². The van der Waals surface area contributed by atoms with Crippen molar-refractivity contribution < 1.29 is 8.42 Å². The van der Waals surface area contributed by atoms with Crippen LogP contribution in [0.2, 0.25) is 5.02 Å². The fourth-order valence-electron chi connectivity index (χ4n) is 1.54. The number of nitrogens with zero attached hydrogens (tertiary/aromatic N) is 1. The number of hydrogen-bond donors (Lipinski definition) is 2. The molecule has 0 aliphatic carbocycles. The van der Waals surface area contributed by atoms with Gasteiger partial charge in [0.25, 0.3) is 10.0 Å². The Kier molecular flexibility index (Phi) is 3.85. The first-order valence-electron chi connectivity index (χ1n) is 5.25. The molecule has 0 saturated heterocycles. The number of halogens is 1. The van der Waals surface area contributed by atoms with Crippen molar-refractivity contribution in [2.75, 3.05) is 4.72 Å². The summed E-state index contributed by atoms with van der Waals surface area (Å²) < 4.78 is 26.6. The second kappa shape index (κ2) is 5.28. The maximum absolute atomic E-state index is 12.2. The SMILES string of the molecule is Cc1[nH]c(=O)sc1S(=O)(=O)Nc1cc(Cl)ccc1C#N. The predicted octanol–water partition coefficient (Wildman–Crippen LogP) is 2.07. The van der Waals surface area contributed by atoms with E-state index in [9.17, 15) is 13.2 Å². The largest absolute Gasteiger partial charge is 0.315 e. The van der Waals surface area contributed by atoms with Crippen LogP contribution in [0.3, 0.4) is 0 Å². The van der Waals surface area contributed by atoms with E-state index < -0.39 is 14.9 Å². The Morgan fingerprint density at radius 1 is 1.45 bits per heavy atom. The van der Waals surface area contributed by atoms with Gasteiger partial charge in [0.2, 0.25) is 0 Å². The van der Waals surface area contributed by atoms with Crippen molar-refractivity contribution >= 4 is 38.6 Å². The van der Waals surface area contributed by atoms with Crippen LogP contribution in [0.1, 0.15) is 11.3 Å². The Morgan fingerprint density at radius 3 is 2.70 bits per heavy atom. The van der Waals surface area contributed by atoms with Crippen LogP contribution in [0.4, 0.5) is 5.69 Å². The van der Waals surface area contributed by atoms with Gasteiger partial charge < -0.3 is 4.98 Å². The van der Waals surface area contributed by atoms with E-state index in [4.69, 9.17) is 16.9 Å². The van der Waals surface area contributed by atoms with Crippen molar-refractivity contribution in [3.63, 3.8) is 0 Å². The summed E-state index contributed by atoms with van der Waals surface area (Å²) in [7, 11) is -3.95. The molecule has 0 aliphatic rings. The van der Waals surface area contributed by atoms with Gasteiger partial charge in [-0.25, -0.2) is 8.42 Å². The molecule has 2 rings (SSSR count). The molecular weight excluding hydrogens is 322 g/mol. The molecular formula is C11H8ClN3O3S2. The second-order valence-electron chi connectivity index (χ2n) is 3.83. The lowest BCUT2D eigenvalue weighted by Crippen LogP contribution is -2.13. The normalized spacial score (nSPS) is 11.1. The van der Waals surface area contributed by atoms with E-state index in [-0.39, 0.29) is 21.2 Å². The third-order valence-corrected chi connectivity index (χ3v) is 5.58. The van der Waals surface area contributed by atoms with Gasteiger partial charge in [-0.2, -0.15) is 5.26 Å². The lowest BCUT2D eigenvalue weighted by molar-refractivity contribution is 0.602. The molecule has 104 valence electrons. The minimum atomic E-state index is -3.95. The highest BCUT2D eigenvalue weighted by molar-refractivity contribution is 7.94. The molecule has 20 heavy (non-hydrogen) atoms. The third-order valence-electron chi connectivity index (χ3n) is 2.37. The second-order valence-corrected chi connectivity index (χ2v) is 7.13. The highest BCUT2D eigenvalue weighted by Gasteiger charge is 2.22. The first kappa shape index (κ1) is 14.6. The lowest BCUT2D eigenvalue weighted by Gasteiger charge is -2.08. The molecule has 0 unspecified atom stereocenters. The van der Waals surface area contributed by atoms with E-state index in [1.807, 2.05) is 6.07 Å². The topological polar surface area (TPSA) is 103 Å². The fraction of sp³-hybridized carbons (Fsp3) is 0.0909. The van der Waals surface area contributed by atoms with Gasteiger partial charge in [0.1, 0.15) is 6.07 Å². The summed E-state index contributed by atoms with van der Waals surface area (Å²) in [6.07, 6.45) is 0. The molecule has 1 aromatic heterocycles. The minimum Gasteiger partial charge on any atom is -0.315 e. The number of nitriles is 1. The van der Waals surface area contributed by atoms with Gasteiger partial charge in [-0.1, -0.05) is 22.9 Å². The minimum absolute atomic E-state index is 0.0697. The summed E-state index contributed by atoms with van der Waals surface area (Å²) in [5, 5.41) is 9.25. The summed E-state index contributed by atoms with van der Waals surface area (Å²) in [6, 6.07) is 6.09. The number of H-pyrrole nitrogens is 1. The van der Waals surface area contributed by atoms with Gasteiger partial charge in [0.05, 0.1) is 11.3 Å². The van der Waals surface area contributed by atoms with E-state index in [1.54, 1.807) is 0 Å². The fourth-order valence-corrected chi connectivity index (χ4v) is 4.08. The quantitative estimate of drug-likeness (QED) is 0.899. The summed E-state index contributed by atoms with van der Waals surface area (Å²) in [6.45, 7) is 1.48. The zero-order valence-corrected chi connectivity index (χ0v) is 12.5. The number of rotatable bonds is 3. The van der Waals surface area contributed by atoms with Gasteiger partial charge in [-0.15, -0.1) is 0 Å². The molecule has 0 aliphatic heterocycles. The van der Waals surface area contributed by atoms with E-state index in [1.165, 1.54) is 25.1 Å². The predicted molar refractivity (Wildman–Crippen MR) is 76.7 cm³/mol. The highest BCUT2D eigenvalue weighted by Crippen LogP contribution is 2.25. The van der Waals surface area contributed by atoms with Crippen LogP contribution < -0.4 is 9.60 Å². The van der Waals surface area contributed by atoms with E-state index in [2.05, 4.69) is 9.71 Å². The number of anilines is 1. The number of aromatic amines is 1. The molecule has 2 N–H and O–H groups in total. The Labute approximate surface area is 123 Å². The third kappa shape index (κ3) is 2.85. The average molecular weight is 330 g/mol. The number of hydrogen-bond acceptors (Lipinski definition) is 5. The van der Waals surface area contributed by atoms with Crippen LogP contribution in [0.5, 0.6) is 0 Å². The first-order chi connectivity index (χ1) is 9.33. The van der Waals surface area contributed by atoms with Crippen LogP contribution in [-0.4, -0.2) is 13.4 Å². The molecule has 0 spiro atoms. The Hall–Kier alpha value is -1.82.